The van der Waals surface area contributed by atoms with E-state index in [1.165, 1.54) is 0 Å². The lowest BCUT2D eigenvalue weighted by atomic mass is 9.78. The molecule has 0 spiro atoms. The molecule has 232 valence electrons. The van der Waals surface area contributed by atoms with Crippen LogP contribution >= 0.6 is 0 Å². The number of halogens is 5. The average Bonchev–Trinajstić information content (AvgIpc) is 3.58. The zero-order valence-corrected chi connectivity index (χ0v) is 22.7. The zero-order chi connectivity index (χ0) is 30.7. The third-order valence-corrected chi connectivity index (χ3v) is 9.52. The van der Waals surface area contributed by atoms with E-state index in [1.54, 1.807) is 0 Å². The number of alkyl halides is 5. The molecular formula is C24H29F5O11S. The quantitative estimate of drug-likeness (QED) is 0.166. The molecule has 0 radical (unpaired) electrons. The van der Waals surface area contributed by atoms with Gasteiger partial charge < -0.3 is 18.9 Å². The van der Waals surface area contributed by atoms with Crippen LogP contribution in [0.1, 0.15) is 58.8 Å². The van der Waals surface area contributed by atoms with Crippen molar-refractivity contribution < 1.29 is 73.0 Å². The summed E-state index contributed by atoms with van der Waals surface area (Å²) in [4.78, 5) is 50.3. The molecule has 1 heterocycles. The summed E-state index contributed by atoms with van der Waals surface area (Å²) in [5, 5.41) is -5.91. The molecule has 3 saturated carbocycles. The van der Waals surface area contributed by atoms with Crippen molar-refractivity contribution in [1.29, 1.82) is 0 Å². The summed E-state index contributed by atoms with van der Waals surface area (Å²) in [5.74, 6) is -7.31. The lowest BCUT2D eigenvalue weighted by molar-refractivity contribution is -0.259. The normalized spacial score (nSPS) is 31.2. The molecular weight excluding hydrogens is 591 g/mol. The third kappa shape index (κ3) is 5.62. The number of fused-ring (bicyclic) bond motifs is 1. The monoisotopic (exact) mass is 620 g/mol. The Balaban J connectivity index is 1.40. The smallest absolute Gasteiger partial charge is 0.432 e. The molecule has 0 aromatic heterocycles. The van der Waals surface area contributed by atoms with Crippen LogP contribution in [0, 0.1) is 29.6 Å². The summed E-state index contributed by atoms with van der Waals surface area (Å²) >= 11 is 0. The van der Waals surface area contributed by atoms with Crippen LogP contribution in [0.5, 0.6) is 0 Å². The molecule has 0 aromatic rings. The second kappa shape index (κ2) is 10.6. The van der Waals surface area contributed by atoms with E-state index in [0.717, 1.165) is 12.8 Å². The SMILES string of the molecule is CC(C)C1(OC(=O)C2C3CC4C(OC(=O)C42)C3OC(=O)CCC(=O)OC(C(F)(F)F)C(F)(F)S(=O)(=O)O)CCCC1. The lowest BCUT2D eigenvalue weighted by Gasteiger charge is -2.37. The standard InChI is InChI=1S/C24H29F5O11S/c1-10(2)22(7-3-4-8-22)40-20(33)16-12-9-11-15(16)19(32)39-18(11)17(12)37-13(30)5-6-14(31)38-21(23(25,26)27)24(28,29)41(34,35)36/h10-12,15-18,21H,3-9H2,1-2H3,(H,34,35,36). The van der Waals surface area contributed by atoms with E-state index < -0.39 is 106 Å². The molecule has 0 amide bonds. The van der Waals surface area contributed by atoms with Crippen molar-refractivity contribution in [3.63, 3.8) is 0 Å². The van der Waals surface area contributed by atoms with E-state index >= 15 is 0 Å². The molecule has 11 nitrogen and oxygen atoms in total. The van der Waals surface area contributed by atoms with E-state index in [4.69, 9.17) is 18.8 Å². The first-order chi connectivity index (χ1) is 18.8. The molecule has 3 aliphatic carbocycles. The fourth-order valence-corrected chi connectivity index (χ4v) is 7.03. The number of hydrogen-bond donors (Lipinski definition) is 1. The predicted octanol–water partition coefficient (Wildman–Crippen LogP) is 2.95. The van der Waals surface area contributed by atoms with Crippen LogP contribution in [-0.2, 0) is 48.2 Å². The van der Waals surface area contributed by atoms with Gasteiger partial charge in [0.25, 0.3) is 6.10 Å². The summed E-state index contributed by atoms with van der Waals surface area (Å²) in [7, 11) is -6.62. The molecule has 1 aliphatic heterocycles. The van der Waals surface area contributed by atoms with Gasteiger partial charge in [-0.15, -0.1) is 0 Å². The Kier molecular flexibility index (Phi) is 8.12. The maximum Gasteiger partial charge on any atom is 0.432 e. The Morgan fingerprint density at radius 3 is 2.17 bits per heavy atom. The Labute approximate surface area is 231 Å². The van der Waals surface area contributed by atoms with Crippen molar-refractivity contribution in [1.82, 2.24) is 0 Å². The highest BCUT2D eigenvalue weighted by Crippen LogP contribution is 2.59. The van der Waals surface area contributed by atoms with E-state index in [0.29, 0.717) is 19.3 Å². The summed E-state index contributed by atoms with van der Waals surface area (Å²) in [5.41, 5.74) is -0.687. The van der Waals surface area contributed by atoms with Crippen LogP contribution in [0.4, 0.5) is 22.0 Å². The molecule has 4 aliphatic rings. The van der Waals surface area contributed by atoms with E-state index in [1.807, 2.05) is 13.8 Å². The van der Waals surface area contributed by atoms with Crippen molar-refractivity contribution in [2.45, 2.75) is 94.1 Å². The number of esters is 4. The highest BCUT2D eigenvalue weighted by atomic mass is 32.2. The van der Waals surface area contributed by atoms with Gasteiger partial charge >= 0.3 is 45.4 Å². The van der Waals surface area contributed by atoms with E-state index in [-0.39, 0.29) is 5.92 Å². The van der Waals surface area contributed by atoms with Crippen LogP contribution in [-0.4, -0.2) is 72.2 Å². The second-order valence-electron chi connectivity index (χ2n) is 11.3. The highest BCUT2D eigenvalue weighted by molar-refractivity contribution is 7.86. The second-order valence-corrected chi connectivity index (χ2v) is 12.8. The van der Waals surface area contributed by atoms with Gasteiger partial charge in [-0.3, -0.25) is 23.7 Å². The van der Waals surface area contributed by atoms with Gasteiger partial charge in [0, 0.05) is 11.8 Å². The lowest BCUT2D eigenvalue weighted by Crippen LogP contribution is -2.52. The first-order valence-corrected chi connectivity index (χ1v) is 14.5. The van der Waals surface area contributed by atoms with Gasteiger partial charge in [0.1, 0.15) is 17.8 Å². The van der Waals surface area contributed by atoms with Gasteiger partial charge in [-0.05, 0) is 38.0 Å². The first-order valence-electron chi connectivity index (χ1n) is 13.0. The summed E-state index contributed by atoms with van der Waals surface area (Å²) < 4.78 is 116. The molecule has 4 rings (SSSR count). The van der Waals surface area contributed by atoms with Gasteiger partial charge in [-0.25, -0.2) is 0 Å². The van der Waals surface area contributed by atoms with E-state index in [2.05, 4.69) is 4.74 Å². The molecule has 41 heavy (non-hydrogen) atoms. The minimum atomic E-state index is -6.62. The highest BCUT2D eigenvalue weighted by Gasteiger charge is 2.70. The topological polar surface area (TPSA) is 160 Å². The number of carbonyl (C=O) groups excluding carboxylic acids is 4. The van der Waals surface area contributed by atoms with Crippen LogP contribution in [0.25, 0.3) is 0 Å². The van der Waals surface area contributed by atoms with Gasteiger partial charge in [0.2, 0.25) is 0 Å². The van der Waals surface area contributed by atoms with Crippen molar-refractivity contribution >= 4 is 34.0 Å². The first kappa shape index (κ1) is 31.4. The largest absolute Gasteiger partial charge is 0.459 e. The fraction of sp³-hybridized carbons (Fsp3) is 0.833. The van der Waals surface area contributed by atoms with Crippen LogP contribution in [0.15, 0.2) is 0 Å². The summed E-state index contributed by atoms with van der Waals surface area (Å²) in [6.07, 6.45) is -11.4. The number of hydrogen-bond acceptors (Lipinski definition) is 10. The summed E-state index contributed by atoms with van der Waals surface area (Å²) in [6.45, 7) is 3.85. The Hall–Kier alpha value is -2.56. The molecule has 2 bridgehead atoms. The van der Waals surface area contributed by atoms with Crippen molar-refractivity contribution in [2.75, 3.05) is 0 Å². The molecule has 7 atom stereocenters. The maximum atomic E-state index is 13.6. The molecule has 1 saturated heterocycles. The van der Waals surface area contributed by atoms with E-state index in [9.17, 15) is 49.5 Å². The number of carbonyl (C=O) groups is 4. The van der Waals surface area contributed by atoms with Crippen LogP contribution < -0.4 is 0 Å². The third-order valence-electron chi connectivity index (χ3n) is 8.62. The number of ether oxygens (including phenoxy) is 4. The predicted molar refractivity (Wildman–Crippen MR) is 122 cm³/mol. The van der Waals surface area contributed by atoms with Crippen LogP contribution in [0.3, 0.4) is 0 Å². The minimum Gasteiger partial charge on any atom is -0.459 e. The molecule has 7 unspecified atom stereocenters. The van der Waals surface area contributed by atoms with Gasteiger partial charge in [0.15, 0.2) is 0 Å². The Bertz CT molecular complexity index is 1190. The van der Waals surface area contributed by atoms with Gasteiger partial charge in [-0.2, -0.15) is 30.4 Å². The van der Waals surface area contributed by atoms with Crippen molar-refractivity contribution in [3.8, 4) is 0 Å². The molecule has 1 N–H and O–H groups in total. The summed E-state index contributed by atoms with van der Waals surface area (Å²) in [6, 6.07) is 0. The molecule has 17 heteroatoms. The Morgan fingerprint density at radius 1 is 1.05 bits per heavy atom. The van der Waals surface area contributed by atoms with Crippen molar-refractivity contribution in [2.24, 2.45) is 29.6 Å². The zero-order valence-electron chi connectivity index (χ0n) is 21.9. The molecule has 0 aromatic carbocycles. The van der Waals surface area contributed by atoms with Crippen LogP contribution in [0.2, 0.25) is 0 Å². The molecule has 4 fully saturated rings. The van der Waals surface area contributed by atoms with Gasteiger partial charge in [0.05, 0.1) is 24.7 Å². The minimum absolute atomic E-state index is 0.0126. The average molecular weight is 621 g/mol. The number of rotatable bonds is 10. The van der Waals surface area contributed by atoms with Crippen molar-refractivity contribution in [3.05, 3.63) is 0 Å². The fourth-order valence-electron chi connectivity index (χ4n) is 6.57. The van der Waals surface area contributed by atoms with Gasteiger partial charge in [-0.1, -0.05) is 13.8 Å². The Morgan fingerprint density at radius 2 is 1.63 bits per heavy atom. The maximum absolute atomic E-state index is 13.6.